The molecular formula is C24H28N3O3+. The normalized spacial score (nSPS) is 20.0. The van der Waals surface area contributed by atoms with Crippen LogP contribution in [0.15, 0.2) is 53.5 Å². The maximum Gasteiger partial charge on any atom is 0.265 e. The van der Waals surface area contributed by atoms with Crippen LogP contribution >= 0.6 is 0 Å². The molecule has 1 N–H and O–H groups in total. The second-order valence-electron chi connectivity index (χ2n) is 7.90. The highest BCUT2D eigenvalue weighted by Gasteiger charge is 2.38. The Kier molecular flexibility index (Phi) is 6.35. The number of fused-ring (bicyclic) bond motifs is 1. The molecule has 1 saturated heterocycles. The lowest BCUT2D eigenvalue weighted by atomic mass is 9.89. The number of aliphatic imine (C=N–C) groups is 1. The van der Waals surface area contributed by atoms with E-state index in [-0.39, 0.29) is 11.8 Å². The Balaban J connectivity index is 1.50. The summed E-state index contributed by atoms with van der Waals surface area (Å²) in [6, 6.07) is 14.8. The van der Waals surface area contributed by atoms with E-state index in [4.69, 9.17) is 4.74 Å². The van der Waals surface area contributed by atoms with Gasteiger partial charge in [-0.05, 0) is 30.7 Å². The summed E-state index contributed by atoms with van der Waals surface area (Å²) in [6.07, 6.45) is 2.69. The largest absolute Gasteiger partial charge is 0.370 e. The van der Waals surface area contributed by atoms with Crippen LogP contribution in [0.4, 0.5) is 5.69 Å². The van der Waals surface area contributed by atoms with Crippen molar-refractivity contribution in [1.82, 2.24) is 0 Å². The first-order valence-electron chi connectivity index (χ1n) is 10.6. The quantitative estimate of drug-likeness (QED) is 0.451. The zero-order chi connectivity index (χ0) is 20.9. The molecule has 1 atom stereocenters. The van der Waals surface area contributed by atoms with E-state index < -0.39 is 5.92 Å². The summed E-state index contributed by atoms with van der Waals surface area (Å²) in [5, 5.41) is 0. The van der Waals surface area contributed by atoms with Crippen LogP contribution in [0.5, 0.6) is 0 Å². The first-order chi connectivity index (χ1) is 14.6. The van der Waals surface area contributed by atoms with Crippen LogP contribution in [-0.4, -0.2) is 57.4 Å². The third-order valence-electron chi connectivity index (χ3n) is 5.78. The number of rotatable bonds is 6. The Bertz CT molecular complexity index is 933. The number of imide groups is 1. The fraction of sp³-hybridized carbons (Fsp3) is 0.375. The summed E-state index contributed by atoms with van der Waals surface area (Å²) in [4.78, 5) is 33.8. The minimum absolute atomic E-state index is 0.245. The number of morpholine rings is 1. The predicted octanol–water partition coefficient (Wildman–Crippen LogP) is 1.64. The number of quaternary nitrogens is 1. The molecule has 2 aliphatic rings. The molecule has 0 spiro atoms. The van der Waals surface area contributed by atoms with E-state index in [1.807, 2.05) is 49.4 Å². The minimum atomic E-state index is -0.545. The molecule has 156 valence electrons. The summed E-state index contributed by atoms with van der Waals surface area (Å²) in [5.74, 6) is -1.07. The van der Waals surface area contributed by atoms with E-state index in [0.29, 0.717) is 17.8 Å². The molecule has 0 aliphatic carbocycles. The van der Waals surface area contributed by atoms with Gasteiger partial charge < -0.3 is 9.64 Å². The number of aryl methyl sites for hydroxylation is 1. The van der Waals surface area contributed by atoms with Crippen molar-refractivity contribution in [1.29, 1.82) is 0 Å². The second-order valence-corrected chi connectivity index (χ2v) is 7.90. The second kappa shape index (κ2) is 9.32. The number of nitrogens with one attached hydrogen (secondary N) is 1. The molecule has 2 aromatic rings. The third kappa shape index (κ3) is 4.35. The van der Waals surface area contributed by atoms with Crippen molar-refractivity contribution in [3.63, 3.8) is 0 Å². The summed E-state index contributed by atoms with van der Waals surface area (Å²) < 4.78 is 5.39. The van der Waals surface area contributed by atoms with Crippen molar-refractivity contribution in [2.75, 3.05) is 44.3 Å². The molecule has 6 heteroatoms. The number of hydrogen-bond acceptors (Lipinski definition) is 4. The van der Waals surface area contributed by atoms with Crippen molar-refractivity contribution in [2.45, 2.75) is 19.3 Å². The lowest BCUT2D eigenvalue weighted by Crippen LogP contribution is -3.14. The molecule has 0 unspecified atom stereocenters. The third-order valence-corrected chi connectivity index (χ3v) is 5.78. The van der Waals surface area contributed by atoms with E-state index in [9.17, 15) is 9.59 Å². The molecular weight excluding hydrogens is 378 g/mol. The predicted molar refractivity (Wildman–Crippen MR) is 117 cm³/mol. The molecule has 2 heterocycles. The van der Waals surface area contributed by atoms with E-state index in [0.717, 1.165) is 50.4 Å². The first-order valence-corrected chi connectivity index (χ1v) is 10.6. The lowest BCUT2D eigenvalue weighted by Gasteiger charge is -2.31. The van der Waals surface area contributed by atoms with E-state index in [1.165, 1.54) is 4.90 Å². The average Bonchev–Trinajstić information content (AvgIpc) is 2.77. The van der Waals surface area contributed by atoms with Gasteiger partial charge in [-0.1, -0.05) is 35.9 Å². The van der Waals surface area contributed by atoms with Crippen LogP contribution in [0.1, 0.15) is 33.8 Å². The van der Waals surface area contributed by atoms with Gasteiger partial charge in [-0.3, -0.25) is 14.6 Å². The molecule has 2 amide bonds. The van der Waals surface area contributed by atoms with Crippen molar-refractivity contribution in [3.05, 3.63) is 65.2 Å². The smallest absolute Gasteiger partial charge is 0.265 e. The molecule has 0 bridgehead atoms. The zero-order valence-electron chi connectivity index (χ0n) is 17.3. The molecule has 0 aromatic heterocycles. The van der Waals surface area contributed by atoms with Gasteiger partial charge in [0.1, 0.15) is 13.1 Å². The van der Waals surface area contributed by atoms with Gasteiger partial charge >= 0.3 is 0 Å². The molecule has 4 rings (SSSR count). The number of carbonyl (C=O) groups is 2. The van der Waals surface area contributed by atoms with Gasteiger partial charge in [0.15, 0.2) is 0 Å². The standard InChI is InChI=1S/C24H27N3O3/c1-18-7-9-19(10-8-18)27-23(28)21-6-3-2-5-20(21)22(24(27)29)17-25-11-4-12-26-13-15-30-16-14-26/h2-3,5-10,17,22H,4,11-16H2,1H3/p+1/t22-/m1/s1. The monoisotopic (exact) mass is 406 g/mol. The van der Waals surface area contributed by atoms with Crippen LogP contribution in [0, 0.1) is 6.92 Å². The summed E-state index contributed by atoms with van der Waals surface area (Å²) in [6.45, 7) is 7.47. The van der Waals surface area contributed by atoms with Crippen molar-refractivity contribution in [2.24, 2.45) is 4.99 Å². The maximum absolute atomic E-state index is 13.3. The number of anilines is 1. The van der Waals surface area contributed by atoms with Gasteiger partial charge in [0.05, 0.1) is 31.4 Å². The molecule has 30 heavy (non-hydrogen) atoms. The van der Waals surface area contributed by atoms with Gasteiger partial charge in [0, 0.05) is 24.7 Å². The number of hydrogen-bond donors (Lipinski definition) is 1. The highest BCUT2D eigenvalue weighted by atomic mass is 16.5. The van der Waals surface area contributed by atoms with Gasteiger partial charge in [-0.2, -0.15) is 0 Å². The first kappa shape index (κ1) is 20.4. The highest BCUT2D eigenvalue weighted by Crippen LogP contribution is 2.32. The Morgan fingerprint density at radius 3 is 2.60 bits per heavy atom. The minimum Gasteiger partial charge on any atom is -0.370 e. The Morgan fingerprint density at radius 1 is 1.10 bits per heavy atom. The average molecular weight is 407 g/mol. The van der Waals surface area contributed by atoms with E-state index in [1.54, 1.807) is 17.2 Å². The number of benzene rings is 2. The maximum atomic E-state index is 13.3. The van der Waals surface area contributed by atoms with Crippen LogP contribution in [0.3, 0.4) is 0 Å². The molecule has 6 nitrogen and oxygen atoms in total. The topological polar surface area (TPSA) is 63.4 Å². The fourth-order valence-corrected chi connectivity index (χ4v) is 4.05. The number of ether oxygens (including phenoxy) is 1. The fourth-order valence-electron chi connectivity index (χ4n) is 4.05. The van der Waals surface area contributed by atoms with Crippen LogP contribution in [0.25, 0.3) is 0 Å². The summed E-state index contributed by atoms with van der Waals surface area (Å²) in [7, 11) is 0. The lowest BCUT2D eigenvalue weighted by molar-refractivity contribution is -0.908. The van der Waals surface area contributed by atoms with Gasteiger partial charge in [-0.25, -0.2) is 4.90 Å². The SMILES string of the molecule is Cc1ccc(N2C(=O)c3ccccc3[C@@H](C=NCCC[NH+]3CCOCC3)C2=O)cc1. The van der Waals surface area contributed by atoms with Gasteiger partial charge in [0.2, 0.25) is 5.91 Å². The molecule has 2 aliphatic heterocycles. The molecule has 0 radical (unpaired) electrons. The Morgan fingerprint density at radius 2 is 1.83 bits per heavy atom. The van der Waals surface area contributed by atoms with Crippen molar-refractivity contribution in [3.8, 4) is 0 Å². The summed E-state index contributed by atoms with van der Waals surface area (Å²) >= 11 is 0. The molecule has 2 aromatic carbocycles. The molecule has 0 saturated carbocycles. The Labute approximate surface area is 177 Å². The van der Waals surface area contributed by atoms with Crippen LogP contribution in [-0.2, 0) is 9.53 Å². The van der Waals surface area contributed by atoms with Crippen molar-refractivity contribution < 1.29 is 19.2 Å². The molecule has 1 fully saturated rings. The number of carbonyl (C=O) groups excluding carboxylic acids is 2. The van der Waals surface area contributed by atoms with Gasteiger partial charge in [0.25, 0.3) is 5.91 Å². The van der Waals surface area contributed by atoms with E-state index in [2.05, 4.69) is 4.99 Å². The van der Waals surface area contributed by atoms with Gasteiger partial charge in [-0.15, -0.1) is 0 Å². The van der Waals surface area contributed by atoms with E-state index >= 15 is 0 Å². The number of nitrogens with zero attached hydrogens (tertiary/aromatic N) is 2. The van der Waals surface area contributed by atoms with Crippen molar-refractivity contribution >= 4 is 23.7 Å². The van der Waals surface area contributed by atoms with Crippen LogP contribution in [0.2, 0.25) is 0 Å². The Hall–Kier alpha value is -2.83. The highest BCUT2D eigenvalue weighted by molar-refractivity contribution is 6.29. The summed E-state index contributed by atoms with van der Waals surface area (Å²) in [5.41, 5.74) is 2.97. The zero-order valence-corrected chi connectivity index (χ0v) is 17.3. The number of amides is 2. The van der Waals surface area contributed by atoms with Crippen LogP contribution < -0.4 is 9.80 Å².